The summed E-state index contributed by atoms with van der Waals surface area (Å²) in [5, 5.41) is 9.37. The fourth-order valence-corrected chi connectivity index (χ4v) is 4.62. The second kappa shape index (κ2) is 3.59. The van der Waals surface area contributed by atoms with Crippen molar-refractivity contribution in [2.45, 2.75) is 31.4 Å². The summed E-state index contributed by atoms with van der Waals surface area (Å²) in [6.07, 6.45) is 0.363. The third kappa shape index (κ3) is 1.21. The lowest BCUT2D eigenvalue weighted by molar-refractivity contribution is -0.152. The maximum absolute atomic E-state index is 11.9. The molecule has 0 unspecified atom stereocenters. The van der Waals surface area contributed by atoms with Crippen LogP contribution in [0.15, 0.2) is 0 Å². The zero-order valence-corrected chi connectivity index (χ0v) is 10.5. The van der Waals surface area contributed by atoms with E-state index < -0.39 is 35.9 Å². The van der Waals surface area contributed by atoms with Gasteiger partial charge in [0.05, 0.1) is 17.9 Å². The first-order chi connectivity index (χ1) is 9.50. The van der Waals surface area contributed by atoms with Gasteiger partial charge in [0.25, 0.3) is 0 Å². The molecule has 106 valence electrons. The van der Waals surface area contributed by atoms with Crippen molar-refractivity contribution in [2.75, 3.05) is 0 Å². The van der Waals surface area contributed by atoms with E-state index in [9.17, 15) is 24.3 Å². The highest BCUT2D eigenvalue weighted by atomic mass is 16.6. The second-order valence-corrected chi connectivity index (χ2v) is 6.00. The summed E-state index contributed by atoms with van der Waals surface area (Å²) in [4.78, 5) is 48.3. The van der Waals surface area contributed by atoms with Gasteiger partial charge in [-0.25, -0.2) is 0 Å². The van der Waals surface area contributed by atoms with Crippen molar-refractivity contribution < 1.29 is 29.0 Å². The monoisotopic (exact) mass is 279 g/mol. The lowest BCUT2D eigenvalue weighted by Crippen LogP contribution is -2.52. The molecule has 2 saturated heterocycles. The quantitative estimate of drug-likeness (QED) is 0.535. The van der Waals surface area contributed by atoms with Crippen LogP contribution in [0.25, 0.3) is 0 Å². The van der Waals surface area contributed by atoms with Crippen molar-refractivity contribution in [1.82, 2.24) is 4.90 Å². The van der Waals surface area contributed by atoms with E-state index in [1.54, 1.807) is 0 Å². The van der Waals surface area contributed by atoms with Crippen molar-refractivity contribution in [1.29, 1.82) is 0 Å². The first-order valence-electron chi connectivity index (χ1n) is 6.79. The van der Waals surface area contributed by atoms with Gasteiger partial charge < -0.3 is 9.84 Å². The lowest BCUT2D eigenvalue weighted by atomic mass is 9.77. The molecule has 2 aliphatic heterocycles. The maximum atomic E-state index is 11.9. The number of hydrogen-bond donors (Lipinski definition) is 1. The van der Waals surface area contributed by atoms with Gasteiger partial charge in [0.1, 0.15) is 6.10 Å². The Hall–Kier alpha value is -1.92. The SMILES string of the molecule is O=C(O)[C@@H]1[C@@H]2C[C@@H]3[C@H](OC(=O)[C@@H]31)[C@@H]2N1C(=O)CCC1=O. The number of amides is 2. The van der Waals surface area contributed by atoms with E-state index in [2.05, 4.69) is 0 Å². The molecule has 2 heterocycles. The maximum Gasteiger partial charge on any atom is 0.310 e. The summed E-state index contributed by atoms with van der Waals surface area (Å²) in [5.41, 5.74) is 0. The summed E-state index contributed by atoms with van der Waals surface area (Å²) < 4.78 is 5.29. The summed E-state index contributed by atoms with van der Waals surface area (Å²) in [6.45, 7) is 0. The zero-order valence-electron chi connectivity index (χ0n) is 10.5. The number of likely N-dealkylation sites (tertiary alicyclic amines) is 1. The molecule has 4 aliphatic rings. The van der Waals surface area contributed by atoms with Crippen LogP contribution in [-0.2, 0) is 23.9 Å². The van der Waals surface area contributed by atoms with Crippen LogP contribution in [0, 0.1) is 23.7 Å². The standard InChI is InChI=1S/C13H13NO6/c15-6-1-2-7(16)14(6)10-4-3-5-9(8(4)12(17)18)13(19)20-11(5)10/h4-5,8-11H,1-3H2,(H,17,18)/t4-,5-,8+,9-,10+,11-/m0/s1. The molecule has 2 amide bonds. The van der Waals surface area contributed by atoms with Gasteiger partial charge in [0, 0.05) is 18.8 Å². The average molecular weight is 279 g/mol. The van der Waals surface area contributed by atoms with Crippen LogP contribution in [0.4, 0.5) is 0 Å². The van der Waals surface area contributed by atoms with Gasteiger partial charge in [-0.15, -0.1) is 0 Å². The molecular weight excluding hydrogens is 266 g/mol. The summed E-state index contributed by atoms with van der Waals surface area (Å²) in [7, 11) is 0. The molecule has 6 atom stereocenters. The molecule has 4 rings (SSSR count). The molecule has 20 heavy (non-hydrogen) atoms. The molecule has 7 heteroatoms. The molecule has 0 radical (unpaired) electrons. The highest BCUT2D eigenvalue weighted by Crippen LogP contribution is 2.59. The van der Waals surface area contributed by atoms with Gasteiger partial charge >= 0.3 is 11.9 Å². The van der Waals surface area contributed by atoms with Gasteiger partial charge in [0.2, 0.25) is 11.8 Å². The Morgan fingerprint density at radius 1 is 1.15 bits per heavy atom. The molecule has 0 aromatic carbocycles. The Bertz CT molecular complexity index is 541. The van der Waals surface area contributed by atoms with Crippen LogP contribution in [0.1, 0.15) is 19.3 Å². The van der Waals surface area contributed by atoms with E-state index in [-0.39, 0.29) is 36.5 Å². The van der Waals surface area contributed by atoms with E-state index in [0.717, 1.165) is 0 Å². The first-order valence-corrected chi connectivity index (χ1v) is 6.79. The number of nitrogens with zero attached hydrogens (tertiary/aromatic N) is 1. The Morgan fingerprint density at radius 3 is 2.40 bits per heavy atom. The van der Waals surface area contributed by atoms with Gasteiger partial charge in [-0.05, 0) is 12.3 Å². The molecule has 7 nitrogen and oxygen atoms in total. The van der Waals surface area contributed by atoms with E-state index >= 15 is 0 Å². The number of carboxylic acid groups (broad SMARTS) is 1. The van der Waals surface area contributed by atoms with Gasteiger partial charge in [-0.3, -0.25) is 24.1 Å². The zero-order chi connectivity index (χ0) is 14.2. The fourth-order valence-electron chi connectivity index (χ4n) is 4.62. The van der Waals surface area contributed by atoms with Gasteiger partial charge in [-0.2, -0.15) is 0 Å². The average Bonchev–Trinajstić information content (AvgIpc) is 3.05. The fraction of sp³-hybridized carbons (Fsp3) is 0.692. The molecule has 0 aromatic heterocycles. The van der Waals surface area contributed by atoms with Crippen molar-refractivity contribution >= 4 is 23.8 Å². The molecule has 2 bridgehead atoms. The van der Waals surface area contributed by atoms with Gasteiger partial charge in [-0.1, -0.05) is 0 Å². The summed E-state index contributed by atoms with van der Waals surface area (Å²) in [6, 6.07) is -0.578. The number of carboxylic acids is 1. The highest BCUT2D eigenvalue weighted by molar-refractivity contribution is 6.02. The minimum absolute atomic E-state index is 0.161. The number of ether oxygens (including phenoxy) is 1. The molecular formula is C13H13NO6. The summed E-state index contributed by atoms with van der Waals surface area (Å²) in [5.74, 6) is -4.05. The Labute approximate surface area is 113 Å². The number of esters is 1. The van der Waals surface area contributed by atoms with E-state index in [1.807, 2.05) is 0 Å². The van der Waals surface area contributed by atoms with Crippen LogP contribution in [-0.4, -0.2) is 45.9 Å². The number of hydrogen-bond acceptors (Lipinski definition) is 5. The van der Waals surface area contributed by atoms with E-state index in [1.165, 1.54) is 4.90 Å². The van der Waals surface area contributed by atoms with Crippen LogP contribution in [0.3, 0.4) is 0 Å². The lowest BCUT2D eigenvalue weighted by Gasteiger charge is -2.34. The van der Waals surface area contributed by atoms with E-state index in [4.69, 9.17) is 4.74 Å². The third-order valence-electron chi connectivity index (χ3n) is 5.25. The highest BCUT2D eigenvalue weighted by Gasteiger charge is 2.70. The smallest absolute Gasteiger partial charge is 0.310 e. The molecule has 2 saturated carbocycles. The number of aliphatic carboxylic acids is 1. The molecule has 0 spiro atoms. The van der Waals surface area contributed by atoms with Crippen LogP contribution in [0.5, 0.6) is 0 Å². The number of rotatable bonds is 2. The molecule has 1 N–H and O–H groups in total. The number of fused-ring (bicyclic) bond motifs is 1. The normalized spacial score (nSPS) is 45.4. The predicted molar refractivity (Wildman–Crippen MR) is 61.0 cm³/mol. The molecule has 4 fully saturated rings. The van der Waals surface area contributed by atoms with Crippen LogP contribution < -0.4 is 0 Å². The van der Waals surface area contributed by atoms with Crippen molar-refractivity contribution in [3.8, 4) is 0 Å². The molecule has 0 aromatic rings. The Morgan fingerprint density at radius 2 is 1.80 bits per heavy atom. The Kier molecular flexibility index (Phi) is 2.13. The minimum atomic E-state index is -1.04. The van der Waals surface area contributed by atoms with Gasteiger partial charge in [0.15, 0.2) is 0 Å². The van der Waals surface area contributed by atoms with Crippen molar-refractivity contribution in [3.63, 3.8) is 0 Å². The predicted octanol–water partition coefficient (Wildman–Crippen LogP) is -0.604. The van der Waals surface area contributed by atoms with Crippen LogP contribution >= 0.6 is 0 Å². The number of carbonyl (C=O) groups excluding carboxylic acids is 3. The Balaban J connectivity index is 1.76. The third-order valence-corrected chi connectivity index (χ3v) is 5.25. The van der Waals surface area contributed by atoms with E-state index in [0.29, 0.717) is 6.42 Å². The minimum Gasteiger partial charge on any atom is -0.481 e. The summed E-state index contributed by atoms with van der Waals surface area (Å²) >= 11 is 0. The van der Waals surface area contributed by atoms with Crippen LogP contribution in [0.2, 0.25) is 0 Å². The van der Waals surface area contributed by atoms with Crippen molar-refractivity contribution in [3.05, 3.63) is 0 Å². The second-order valence-electron chi connectivity index (χ2n) is 6.00. The molecule has 2 aliphatic carbocycles. The largest absolute Gasteiger partial charge is 0.481 e. The topological polar surface area (TPSA) is 101 Å². The number of carbonyl (C=O) groups is 4. The van der Waals surface area contributed by atoms with Crippen molar-refractivity contribution in [2.24, 2.45) is 23.7 Å². The number of imide groups is 1. The first kappa shape index (κ1) is 11.9.